The van der Waals surface area contributed by atoms with E-state index in [1.807, 2.05) is 18.2 Å². The molecule has 11 heavy (non-hydrogen) atoms. The molecule has 1 aromatic rings. The summed E-state index contributed by atoms with van der Waals surface area (Å²) < 4.78 is 0. The van der Waals surface area contributed by atoms with Gasteiger partial charge in [-0.1, -0.05) is 18.2 Å². The zero-order chi connectivity index (χ0) is 8.10. The first-order chi connectivity index (χ1) is 5.34. The van der Waals surface area contributed by atoms with Crippen molar-refractivity contribution >= 4 is 9.24 Å². The monoisotopic (exact) mass is 168 g/mol. The molecule has 1 nitrogen and oxygen atoms in total. The second kappa shape index (κ2) is 4.35. The van der Waals surface area contributed by atoms with E-state index in [1.165, 1.54) is 0 Å². The van der Waals surface area contributed by atoms with E-state index in [1.54, 1.807) is 6.07 Å². The molecule has 0 heterocycles. The van der Waals surface area contributed by atoms with E-state index in [9.17, 15) is 5.11 Å². The molecule has 1 N–H and O–H groups in total. The highest BCUT2D eigenvalue weighted by Crippen LogP contribution is 2.17. The van der Waals surface area contributed by atoms with Crippen molar-refractivity contribution in [3.63, 3.8) is 0 Å². The first-order valence-corrected chi connectivity index (χ1v) is 4.63. The Morgan fingerprint density at radius 3 is 2.64 bits per heavy atom. The van der Waals surface area contributed by atoms with Crippen LogP contribution in [0.1, 0.15) is 12.0 Å². The van der Waals surface area contributed by atoms with Crippen molar-refractivity contribution in [3.05, 3.63) is 29.8 Å². The van der Waals surface area contributed by atoms with Gasteiger partial charge in [-0.25, -0.2) is 0 Å². The van der Waals surface area contributed by atoms with Gasteiger partial charge in [-0.3, -0.25) is 0 Å². The maximum atomic E-state index is 9.33. The van der Waals surface area contributed by atoms with Gasteiger partial charge in [-0.2, -0.15) is 0 Å². The Bertz CT molecular complexity index is 223. The first-order valence-electron chi connectivity index (χ1n) is 3.81. The van der Waals surface area contributed by atoms with Gasteiger partial charge in [0.05, 0.1) is 0 Å². The largest absolute Gasteiger partial charge is 0.508 e. The smallest absolute Gasteiger partial charge is 0.118 e. The van der Waals surface area contributed by atoms with Gasteiger partial charge in [-0.15, -0.1) is 9.24 Å². The number of aryl methyl sites for hydroxylation is 1. The number of hydrogen-bond acceptors (Lipinski definition) is 1. The van der Waals surface area contributed by atoms with Crippen molar-refractivity contribution in [2.45, 2.75) is 12.8 Å². The predicted octanol–water partition coefficient (Wildman–Crippen LogP) is 2.20. The quantitative estimate of drug-likeness (QED) is 0.686. The van der Waals surface area contributed by atoms with E-state index in [-0.39, 0.29) is 0 Å². The summed E-state index contributed by atoms with van der Waals surface area (Å²) in [5.41, 5.74) is 1.05. The lowest BCUT2D eigenvalue weighted by molar-refractivity contribution is 0.467. The third kappa shape index (κ3) is 2.51. The Kier molecular flexibility index (Phi) is 3.38. The van der Waals surface area contributed by atoms with Gasteiger partial charge < -0.3 is 5.11 Å². The normalized spacial score (nSPS) is 9.91. The summed E-state index contributed by atoms with van der Waals surface area (Å²) in [6, 6.07) is 7.51. The molecule has 0 aromatic heterocycles. The lowest BCUT2D eigenvalue weighted by atomic mass is 10.1. The summed E-state index contributed by atoms with van der Waals surface area (Å²) in [4.78, 5) is 0. The van der Waals surface area contributed by atoms with Crippen molar-refractivity contribution in [3.8, 4) is 5.75 Å². The van der Waals surface area contributed by atoms with Gasteiger partial charge in [-0.05, 0) is 30.6 Å². The summed E-state index contributed by atoms with van der Waals surface area (Å²) in [7, 11) is 2.68. The highest BCUT2D eigenvalue weighted by molar-refractivity contribution is 7.16. The number of benzene rings is 1. The maximum Gasteiger partial charge on any atom is 0.118 e. The molecule has 1 atom stereocenters. The van der Waals surface area contributed by atoms with Gasteiger partial charge in [0.2, 0.25) is 0 Å². The fraction of sp³-hybridized carbons (Fsp3) is 0.333. The number of para-hydroxylation sites is 1. The number of hydrogen-bond donors (Lipinski definition) is 1. The molecule has 0 spiro atoms. The highest BCUT2D eigenvalue weighted by Gasteiger charge is 1.96. The summed E-state index contributed by atoms with van der Waals surface area (Å²) in [5.74, 6) is 0.422. The molecule has 0 bridgehead atoms. The van der Waals surface area contributed by atoms with Crippen LogP contribution in [0.2, 0.25) is 0 Å². The van der Waals surface area contributed by atoms with Crippen LogP contribution in [0.15, 0.2) is 24.3 Å². The van der Waals surface area contributed by atoms with Crippen LogP contribution in [-0.4, -0.2) is 11.3 Å². The minimum absolute atomic E-state index is 0.422. The summed E-state index contributed by atoms with van der Waals surface area (Å²) >= 11 is 0. The molecule has 0 saturated carbocycles. The SMILES string of the molecule is Oc1ccccc1CCCP. The topological polar surface area (TPSA) is 20.2 Å². The summed E-state index contributed by atoms with van der Waals surface area (Å²) in [6.07, 6.45) is 3.17. The van der Waals surface area contributed by atoms with E-state index in [0.717, 1.165) is 24.6 Å². The van der Waals surface area contributed by atoms with Crippen molar-refractivity contribution in [2.75, 3.05) is 6.16 Å². The predicted molar refractivity (Wildman–Crippen MR) is 51.0 cm³/mol. The Hall–Kier alpha value is -0.550. The minimum Gasteiger partial charge on any atom is -0.508 e. The third-order valence-electron chi connectivity index (χ3n) is 1.64. The number of aromatic hydroxyl groups is 1. The highest BCUT2D eigenvalue weighted by atomic mass is 31.0. The van der Waals surface area contributed by atoms with Crippen LogP contribution >= 0.6 is 9.24 Å². The van der Waals surface area contributed by atoms with Crippen molar-refractivity contribution in [2.24, 2.45) is 0 Å². The molecule has 60 valence electrons. The number of phenols is 1. The van der Waals surface area contributed by atoms with Crippen LogP contribution < -0.4 is 0 Å². The second-order valence-electron chi connectivity index (χ2n) is 2.52. The van der Waals surface area contributed by atoms with E-state index in [0.29, 0.717) is 5.75 Å². The second-order valence-corrected chi connectivity index (χ2v) is 3.10. The van der Waals surface area contributed by atoms with E-state index in [2.05, 4.69) is 9.24 Å². The molecular formula is C9H13OP. The molecule has 0 amide bonds. The Labute approximate surface area is 69.7 Å². The van der Waals surface area contributed by atoms with Crippen LogP contribution in [0.4, 0.5) is 0 Å². The van der Waals surface area contributed by atoms with Crippen molar-refractivity contribution < 1.29 is 5.11 Å². The van der Waals surface area contributed by atoms with Crippen LogP contribution in [-0.2, 0) is 6.42 Å². The van der Waals surface area contributed by atoms with E-state index < -0.39 is 0 Å². The molecule has 0 aliphatic heterocycles. The van der Waals surface area contributed by atoms with Gasteiger partial charge in [0.1, 0.15) is 5.75 Å². The van der Waals surface area contributed by atoms with Gasteiger partial charge in [0.15, 0.2) is 0 Å². The molecule has 1 aromatic carbocycles. The molecule has 1 unspecified atom stereocenters. The van der Waals surface area contributed by atoms with E-state index in [4.69, 9.17) is 0 Å². The Morgan fingerprint density at radius 2 is 2.00 bits per heavy atom. The molecule has 1 rings (SSSR count). The zero-order valence-corrected chi connectivity index (χ0v) is 7.61. The number of phenolic OH excluding ortho intramolecular Hbond substituents is 1. The number of rotatable bonds is 3. The van der Waals surface area contributed by atoms with Gasteiger partial charge >= 0.3 is 0 Å². The fourth-order valence-electron chi connectivity index (χ4n) is 1.01. The lowest BCUT2D eigenvalue weighted by Crippen LogP contribution is -1.85. The average molecular weight is 168 g/mol. The van der Waals surface area contributed by atoms with Crippen molar-refractivity contribution in [1.82, 2.24) is 0 Å². The lowest BCUT2D eigenvalue weighted by Gasteiger charge is -2.01. The van der Waals surface area contributed by atoms with Crippen LogP contribution in [0.5, 0.6) is 5.75 Å². The minimum atomic E-state index is 0.422. The standard InChI is InChI=1S/C9H13OP/c10-9-6-2-1-4-8(9)5-3-7-11/h1-2,4,6,10H,3,5,7,11H2. The zero-order valence-electron chi connectivity index (χ0n) is 6.46. The average Bonchev–Trinajstić information content (AvgIpc) is 2.03. The van der Waals surface area contributed by atoms with Crippen molar-refractivity contribution in [1.29, 1.82) is 0 Å². The van der Waals surface area contributed by atoms with Crippen LogP contribution in [0.3, 0.4) is 0 Å². The molecule has 0 fully saturated rings. The fourth-order valence-corrected chi connectivity index (χ4v) is 1.22. The maximum absolute atomic E-state index is 9.33. The third-order valence-corrected chi connectivity index (χ3v) is 2.05. The Morgan fingerprint density at radius 1 is 1.27 bits per heavy atom. The first kappa shape index (κ1) is 8.55. The molecule has 0 aliphatic rings. The van der Waals surface area contributed by atoms with E-state index >= 15 is 0 Å². The van der Waals surface area contributed by atoms with Crippen LogP contribution in [0.25, 0.3) is 0 Å². The molecule has 2 heteroatoms. The molecule has 0 aliphatic carbocycles. The molecule has 0 radical (unpaired) electrons. The van der Waals surface area contributed by atoms with Gasteiger partial charge in [0, 0.05) is 0 Å². The molecule has 0 saturated heterocycles. The van der Waals surface area contributed by atoms with Crippen LogP contribution in [0, 0.1) is 0 Å². The Balaban J connectivity index is 2.62. The summed E-state index contributed by atoms with van der Waals surface area (Å²) in [5, 5.41) is 9.33. The molecular weight excluding hydrogens is 155 g/mol. The van der Waals surface area contributed by atoms with Gasteiger partial charge in [0.25, 0.3) is 0 Å². The summed E-state index contributed by atoms with van der Waals surface area (Å²) in [6.45, 7) is 0.